The van der Waals surface area contributed by atoms with E-state index in [1.54, 1.807) is 19.1 Å². The van der Waals surface area contributed by atoms with Crippen LogP contribution in [-0.4, -0.2) is 53.4 Å². The minimum atomic E-state index is -3.28. The lowest BCUT2D eigenvalue weighted by Gasteiger charge is -2.43. The maximum absolute atomic E-state index is 12.1. The number of carbonyl (C=O) groups is 1. The zero-order chi connectivity index (χ0) is 23.7. The SMILES string of the molecule is COc1cc(OC)nc(Sc2ccc(C(C)[P]3(O)OCC(C)(C)CO3)c(Cl)c2C(=O)O)n1. The topological polar surface area (TPSA) is 120 Å². The smallest absolute Gasteiger partial charge is 0.338 e. The minimum absolute atomic E-state index is 0.00433. The van der Waals surface area contributed by atoms with Crippen LogP contribution >= 0.6 is 31.3 Å². The molecule has 1 aliphatic heterocycles. The Labute approximate surface area is 196 Å². The van der Waals surface area contributed by atoms with Crippen LogP contribution in [0, 0.1) is 5.41 Å². The van der Waals surface area contributed by atoms with Gasteiger partial charge in [0.15, 0.2) is 5.16 Å². The normalized spacial score (nSPS) is 18.1. The van der Waals surface area contributed by atoms with E-state index in [4.69, 9.17) is 30.1 Å². The largest absolute Gasteiger partial charge is 0.481 e. The molecule has 12 heteroatoms. The Balaban J connectivity index is 1.97. The standard InChI is InChI=1S/C20H25ClN2O7PS/c1-11(31(26)29-9-20(2,3)10-30-31)12-6-7-13(16(17(12)21)18(24)25)32-19-22-14(27-4)8-15(23-19)28-5/h6-8,11,26H,9-10H2,1-5H3,(H,24,25). The van der Waals surface area contributed by atoms with Crippen molar-refractivity contribution in [2.45, 2.75) is 36.5 Å². The highest BCUT2D eigenvalue weighted by atomic mass is 35.5. The van der Waals surface area contributed by atoms with Gasteiger partial charge in [-0.3, -0.25) is 0 Å². The molecule has 1 aromatic heterocycles. The van der Waals surface area contributed by atoms with Gasteiger partial charge in [-0.15, -0.1) is 0 Å². The average Bonchev–Trinajstić information content (AvgIpc) is 2.75. The number of methoxy groups -OCH3 is 2. The molecule has 1 radical (unpaired) electrons. The number of nitrogens with zero attached hydrogens (tertiary/aromatic N) is 2. The summed E-state index contributed by atoms with van der Waals surface area (Å²) < 4.78 is 21.7. The molecule has 0 spiro atoms. The Morgan fingerprint density at radius 2 is 1.78 bits per heavy atom. The van der Waals surface area contributed by atoms with Gasteiger partial charge in [0.2, 0.25) is 19.7 Å². The second-order valence-electron chi connectivity index (χ2n) is 7.94. The van der Waals surface area contributed by atoms with Gasteiger partial charge in [0.1, 0.15) is 0 Å². The summed E-state index contributed by atoms with van der Waals surface area (Å²) in [6.45, 7) is 6.31. The monoisotopic (exact) mass is 503 g/mol. The highest BCUT2D eigenvalue weighted by Gasteiger charge is 2.44. The molecule has 0 saturated carbocycles. The number of rotatable bonds is 7. The maximum Gasteiger partial charge on any atom is 0.338 e. The first-order chi connectivity index (χ1) is 15.0. The molecule has 9 nitrogen and oxygen atoms in total. The van der Waals surface area contributed by atoms with Gasteiger partial charge < -0.3 is 28.5 Å². The highest BCUT2D eigenvalue weighted by molar-refractivity contribution is 7.99. The lowest BCUT2D eigenvalue weighted by Crippen LogP contribution is -2.32. The first-order valence-corrected chi connectivity index (χ1v) is 12.4. The molecule has 2 heterocycles. The fourth-order valence-electron chi connectivity index (χ4n) is 2.93. The molecular weight excluding hydrogens is 479 g/mol. The number of carboxylic acids is 1. The van der Waals surface area contributed by atoms with E-state index in [2.05, 4.69) is 9.97 Å². The Morgan fingerprint density at radius 3 is 2.28 bits per heavy atom. The second kappa shape index (κ2) is 9.67. The zero-order valence-electron chi connectivity index (χ0n) is 18.3. The molecule has 3 rings (SSSR count). The van der Waals surface area contributed by atoms with E-state index < -0.39 is 19.6 Å². The number of ether oxygens (including phenoxy) is 2. The summed E-state index contributed by atoms with van der Waals surface area (Å²) in [4.78, 5) is 31.9. The molecule has 1 fully saturated rings. The quantitative estimate of drug-likeness (QED) is 0.399. The molecule has 32 heavy (non-hydrogen) atoms. The lowest BCUT2D eigenvalue weighted by atomic mass is 9.97. The van der Waals surface area contributed by atoms with Crippen molar-refractivity contribution in [2.24, 2.45) is 5.41 Å². The summed E-state index contributed by atoms with van der Waals surface area (Å²) in [6, 6.07) is 4.76. The van der Waals surface area contributed by atoms with Crippen molar-refractivity contribution in [3.63, 3.8) is 0 Å². The van der Waals surface area contributed by atoms with E-state index in [9.17, 15) is 14.8 Å². The Morgan fingerprint density at radius 1 is 1.22 bits per heavy atom. The molecule has 1 saturated heterocycles. The van der Waals surface area contributed by atoms with E-state index in [0.717, 1.165) is 11.8 Å². The summed E-state index contributed by atoms with van der Waals surface area (Å²) in [5, 5.41) is 10.1. The average molecular weight is 504 g/mol. The van der Waals surface area contributed by atoms with E-state index in [-0.39, 0.29) is 32.9 Å². The number of aromatic nitrogens is 2. The first kappa shape index (κ1) is 25.0. The molecule has 2 aromatic rings. The van der Waals surface area contributed by atoms with Gasteiger partial charge in [0, 0.05) is 10.3 Å². The third-order valence-corrected chi connectivity index (χ3v) is 8.43. The maximum atomic E-state index is 12.1. The van der Waals surface area contributed by atoms with Crippen LogP contribution in [-0.2, 0) is 9.05 Å². The van der Waals surface area contributed by atoms with Gasteiger partial charge in [0.25, 0.3) is 0 Å². The number of hydrogen-bond donors (Lipinski definition) is 2. The second-order valence-corrected chi connectivity index (χ2v) is 11.7. The summed E-state index contributed by atoms with van der Waals surface area (Å²) >= 11 is 7.54. The summed E-state index contributed by atoms with van der Waals surface area (Å²) in [5.74, 6) is -0.679. The van der Waals surface area contributed by atoms with Gasteiger partial charge in [-0.2, -0.15) is 9.97 Å². The van der Waals surface area contributed by atoms with Crippen molar-refractivity contribution in [3.8, 4) is 11.8 Å². The summed E-state index contributed by atoms with van der Waals surface area (Å²) in [7, 11) is -0.369. The fraction of sp³-hybridized carbons (Fsp3) is 0.450. The van der Waals surface area contributed by atoms with Crippen LogP contribution in [0.4, 0.5) is 0 Å². The minimum Gasteiger partial charge on any atom is -0.481 e. The van der Waals surface area contributed by atoms with Gasteiger partial charge in [-0.1, -0.05) is 31.5 Å². The number of carboxylic acid groups (broad SMARTS) is 1. The molecule has 1 aromatic carbocycles. The number of hydrogen-bond acceptors (Lipinski definition) is 9. The predicted octanol–water partition coefficient (Wildman–Crippen LogP) is 4.89. The first-order valence-electron chi connectivity index (χ1n) is 9.61. The predicted molar refractivity (Wildman–Crippen MR) is 121 cm³/mol. The van der Waals surface area contributed by atoms with Gasteiger partial charge >= 0.3 is 5.97 Å². The van der Waals surface area contributed by atoms with Crippen molar-refractivity contribution < 1.29 is 33.3 Å². The molecule has 2 N–H and O–H groups in total. The van der Waals surface area contributed by atoms with E-state index in [1.165, 1.54) is 20.3 Å². The van der Waals surface area contributed by atoms with Gasteiger partial charge in [0.05, 0.1) is 49.7 Å². The number of halogens is 1. The van der Waals surface area contributed by atoms with E-state index in [1.807, 2.05) is 13.8 Å². The van der Waals surface area contributed by atoms with Crippen LogP contribution in [0.5, 0.6) is 11.8 Å². The Bertz CT molecular complexity index is 991. The molecule has 175 valence electrons. The van der Waals surface area contributed by atoms with Crippen molar-refractivity contribution >= 4 is 37.3 Å². The molecular formula is C20H25ClN2O7PS. The number of benzene rings is 1. The van der Waals surface area contributed by atoms with E-state index in [0.29, 0.717) is 23.7 Å². The zero-order valence-corrected chi connectivity index (χ0v) is 20.8. The number of aromatic carboxylic acids is 1. The van der Waals surface area contributed by atoms with Crippen molar-refractivity contribution in [2.75, 3.05) is 27.4 Å². The van der Waals surface area contributed by atoms with Crippen LogP contribution < -0.4 is 9.47 Å². The van der Waals surface area contributed by atoms with Crippen LogP contribution in [0.2, 0.25) is 5.02 Å². The summed E-state index contributed by atoms with van der Waals surface area (Å²) in [6.07, 6.45) is 0. The van der Waals surface area contributed by atoms with Crippen molar-refractivity contribution in [1.29, 1.82) is 0 Å². The van der Waals surface area contributed by atoms with Crippen LogP contribution in [0.1, 0.15) is 42.4 Å². The highest BCUT2D eigenvalue weighted by Crippen LogP contribution is 2.71. The molecule has 1 atom stereocenters. The molecule has 0 amide bonds. The van der Waals surface area contributed by atoms with Crippen LogP contribution in [0.25, 0.3) is 0 Å². The molecule has 1 aliphatic rings. The molecule has 0 bridgehead atoms. The van der Waals surface area contributed by atoms with Crippen molar-refractivity contribution in [1.82, 2.24) is 9.97 Å². The van der Waals surface area contributed by atoms with Gasteiger partial charge in [-0.05, 0) is 30.3 Å². The van der Waals surface area contributed by atoms with Crippen LogP contribution in [0.3, 0.4) is 0 Å². The van der Waals surface area contributed by atoms with Crippen molar-refractivity contribution in [3.05, 3.63) is 34.3 Å². The molecule has 0 aliphatic carbocycles. The molecule has 1 unspecified atom stereocenters. The van der Waals surface area contributed by atoms with Gasteiger partial charge in [-0.25, -0.2) is 4.79 Å². The Hall–Kier alpha value is -1.68. The van der Waals surface area contributed by atoms with Crippen LogP contribution in [0.15, 0.2) is 28.3 Å². The lowest BCUT2D eigenvalue weighted by molar-refractivity contribution is 0.0221. The third-order valence-electron chi connectivity index (χ3n) is 4.85. The fourth-order valence-corrected chi connectivity index (χ4v) is 6.53. The third kappa shape index (κ3) is 5.27. The van der Waals surface area contributed by atoms with E-state index >= 15 is 0 Å². The Kier molecular flexibility index (Phi) is 7.54. The summed E-state index contributed by atoms with van der Waals surface area (Å²) in [5.41, 5.74) is -0.569.